The quantitative estimate of drug-likeness (QED) is 0.863. The van der Waals surface area contributed by atoms with E-state index in [2.05, 4.69) is 16.9 Å². The van der Waals surface area contributed by atoms with E-state index in [1.807, 2.05) is 16.8 Å². The lowest BCUT2D eigenvalue weighted by Gasteiger charge is -2.00. The van der Waals surface area contributed by atoms with Crippen molar-refractivity contribution in [3.8, 4) is 11.3 Å². The van der Waals surface area contributed by atoms with Crippen LogP contribution in [0.4, 0.5) is 0 Å². The number of rotatable bonds is 3. The molecule has 2 aromatic heterocycles. The smallest absolute Gasteiger partial charge is 0.251 e. The van der Waals surface area contributed by atoms with Crippen molar-refractivity contribution in [1.82, 2.24) is 9.97 Å². The summed E-state index contributed by atoms with van der Waals surface area (Å²) in [4.78, 5) is 18.6. The molecule has 0 unspecified atom stereocenters. The number of hydrogen-bond acceptors (Lipinski definition) is 3. The first-order valence-corrected chi connectivity index (χ1v) is 5.86. The normalized spacial score (nSPS) is 10.5. The number of nitrogens with zero attached hydrogens (tertiary/aromatic N) is 1. The van der Waals surface area contributed by atoms with Gasteiger partial charge < -0.3 is 4.98 Å². The maximum atomic E-state index is 11.4. The van der Waals surface area contributed by atoms with Gasteiger partial charge in [0, 0.05) is 23.4 Å². The third kappa shape index (κ3) is 2.33. The van der Waals surface area contributed by atoms with E-state index in [1.165, 1.54) is 0 Å². The molecule has 78 valence electrons. The summed E-state index contributed by atoms with van der Waals surface area (Å²) >= 11 is 1.61. The van der Waals surface area contributed by atoms with Gasteiger partial charge in [-0.3, -0.25) is 4.79 Å². The van der Waals surface area contributed by atoms with Gasteiger partial charge in [0.25, 0.3) is 5.56 Å². The van der Waals surface area contributed by atoms with E-state index in [-0.39, 0.29) is 5.56 Å². The zero-order chi connectivity index (χ0) is 10.7. The molecule has 0 aliphatic rings. The van der Waals surface area contributed by atoms with Crippen LogP contribution in [0.15, 0.2) is 27.7 Å². The van der Waals surface area contributed by atoms with Gasteiger partial charge in [-0.15, -0.1) is 0 Å². The second kappa shape index (κ2) is 4.40. The third-order valence-electron chi connectivity index (χ3n) is 2.09. The van der Waals surface area contributed by atoms with E-state index < -0.39 is 0 Å². The molecule has 0 fully saturated rings. The highest BCUT2D eigenvalue weighted by Crippen LogP contribution is 2.18. The number of aromatic amines is 1. The van der Waals surface area contributed by atoms with Crippen LogP contribution in [0.1, 0.15) is 19.2 Å². The molecule has 1 N–H and O–H groups in total. The van der Waals surface area contributed by atoms with Crippen LogP contribution in [0.2, 0.25) is 0 Å². The fourth-order valence-corrected chi connectivity index (χ4v) is 2.07. The Labute approximate surface area is 91.8 Å². The number of thiophene rings is 1. The summed E-state index contributed by atoms with van der Waals surface area (Å²) in [5, 5.41) is 3.98. The molecule has 0 aliphatic heterocycles. The summed E-state index contributed by atoms with van der Waals surface area (Å²) in [6, 6.07) is 3.52. The molecule has 0 bridgehead atoms. The topological polar surface area (TPSA) is 45.8 Å². The van der Waals surface area contributed by atoms with Gasteiger partial charge >= 0.3 is 0 Å². The van der Waals surface area contributed by atoms with Gasteiger partial charge in [-0.1, -0.05) is 6.92 Å². The minimum atomic E-state index is -0.0744. The molecular weight excluding hydrogens is 208 g/mol. The second-order valence-corrected chi connectivity index (χ2v) is 4.12. The molecule has 0 saturated heterocycles. The van der Waals surface area contributed by atoms with Gasteiger partial charge in [-0.05, 0) is 17.9 Å². The number of hydrogen-bond donors (Lipinski definition) is 1. The highest BCUT2D eigenvalue weighted by atomic mass is 32.1. The van der Waals surface area contributed by atoms with Crippen molar-refractivity contribution in [1.29, 1.82) is 0 Å². The molecule has 0 spiro atoms. The lowest BCUT2D eigenvalue weighted by atomic mass is 10.2. The van der Waals surface area contributed by atoms with Gasteiger partial charge in [0.1, 0.15) is 5.82 Å². The molecular formula is C11H12N2OS. The fourth-order valence-electron chi connectivity index (χ4n) is 1.42. The van der Waals surface area contributed by atoms with Gasteiger partial charge in [0.15, 0.2) is 0 Å². The van der Waals surface area contributed by atoms with Crippen molar-refractivity contribution in [2.75, 3.05) is 0 Å². The van der Waals surface area contributed by atoms with Crippen molar-refractivity contribution < 1.29 is 0 Å². The summed E-state index contributed by atoms with van der Waals surface area (Å²) in [6.07, 6.45) is 1.79. The predicted molar refractivity (Wildman–Crippen MR) is 62.2 cm³/mol. The van der Waals surface area contributed by atoms with Crippen molar-refractivity contribution in [2.45, 2.75) is 19.8 Å². The Hall–Kier alpha value is -1.42. The van der Waals surface area contributed by atoms with Crippen molar-refractivity contribution >= 4 is 11.3 Å². The number of aryl methyl sites for hydroxylation is 1. The van der Waals surface area contributed by atoms with Crippen LogP contribution >= 0.6 is 11.3 Å². The van der Waals surface area contributed by atoms with E-state index in [4.69, 9.17) is 0 Å². The number of aromatic nitrogens is 2. The average molecular weight is 220 g/mol. The Morgan fingerprint density at radius 2 is 2.40 bits per heavy atom. The first-order valence-electron chi connectivity index (χ1n) is 4.92. The Bertz CT molecular complexity index is 488. The van der Waals surface area contributed by atoms with Gasteiger partial charge in [0.05, 0.1) is 5.69 Å². The molecule has 2 heterocycles. The van der Waals surface area contributed by atoms with Gasteiger partial charge in [0.2, 0.25) is 0 Å². The first-order chi connectivity index (χ1) is 7.29. The Balaban J connectivity index is 2.44. The first kappa shape index (κ1) is 10.1. The molecule has 0 atom stereocenters. The molecule has 0 amide bonds. The standard InChI is InChI=1S/C11H12N2OS/c1-2-3-10-12-9(6-11(14)13-10)8-4-5-15-7-8/h4-7H,2-3H2,1H3,(H,12,13,14). The van der Waals surface area contributed by atoms with E-state index in [9.17, 15) is 4.79 Å². The van der Waals surface area contributed by atoms with Gasteiger partial charge in [-0.25, -0.2) is 4.98 Å². The van der Waals surface area contributed by atoms with Crippen LogP contribution in [0, 0.1) is 0 Å². The van der Waals surface area contributed by atoms with Crippen LogP contribution in [-0.2, 0) is 6.42 Å². The van der Waals surface area contributed by atoms with Crippen LogP contribution in [-0.4, -0.2) is 9.97 Å². The highest BCUT2D eigenvalue weighted by Gasteiger charge is 2.03. The van der Waals surface area contributed by atoms with Crippen LogP contribution in [0.3, 0.4) is 0 Å². The lowest BCUT2D eigenvalue weighted by Crippen LogP contribution is -2.10. The van der Waals surface area contributed by atoms with Crippen molar-refractivity contribution in [3.63, 3.8) is 0 Å². The molecule has 0 aromatic carbocycles. The molecule has 15 heavy (non-hydrogen) atoms. The van der Waals surface area contributed by atoms with E-state index in [0.29, 0.717) is 0 Å². The number of H-pyrrole nitrogens is 1. The lowest BCUT2D eigenvalue weighted by molar-refractivity contribution is 0.828. The average Bonchev–Trinajstić information content (AvgIpc) is 2.70. The van der Waals surface area contributed by atoms with Crippen molar-refractivity contribution in [3.05, 3.63) is 39.1 Å². The molecule has 0 radical (unpaired) electrons. The predicted octanol–water partition coefficient (Wildman–Crippen LogP) is 2.45. The maximum Gasteiger partial charge on any atom is 0.251 e. The molecule has 0 saturated carbocycles. The SMILES string of the molecule is CCCc1nc(-c2ccsc2)cc(=O)[nH]1. The third-order valence-corrected chi connectivity index (χ3v) is 2.78. The zero-order valence-corrected chi connectivity index (χ0v) is 9.30. The Morgan fingerprint density at radius 3 is 3.07 bits per heavy atom. The largest absolute Gasteiger partial charge is 0.311 e. The van der Waals surface area contributed by atoms with E-state index >= 15 is 0 Å². The molecule has 2 rings (SSSR count). The van der Waals surface area contributed by atoms with E-state index in [0.717, 1.165) is 29.9 Å². The van der Waals surface area contributed by atoms with Crippen LogP contribution < -0.4 is 5.56 Å². The Morgan fingerprint density at radius 1 is 1.53 bits per heavy atom. The van der Waals surface area contributed by atoms with Gasteiger partial charge in [-0.2, -0.15) is 11.3 Å². The van der Waals surface area contributed by atoms with E-state index in [1.54, 1.807) is 17.4 Å². The minimum Gasteiger partial charge on any atom is -0.311 e. The van der Waals surface area contributed by atoms with Crippen LogP contribution in [0.25, 0.3) is 11.3 Å². The number of nitrogens with one attached hydrogen (secondary N) is 1. The molecule has 2 aromatic rings. The minimum absolute atomic E-state index is 0.0744. The monoisotopic (exact) mass is 220 g/mol. The molecule has 0 aliphatic carbocycles. The fraction of sp³-hybridized carbons (Fsp3) is 0.273. The highest BCUT2D eigenvalue weighted by molar-refractivity contribution is 7.08. The summed E-state index contributed by atoms with van der Waals surface area (Å²) in [6.45, 7) is 2.07. The molecule has 3 nitrogen and oxygen atoms in total. The van der Waals surface area contributed by atoms with Crippen molar-refractivity contribution in [2.24, 2.45) is 0 Å². The summed E-state index contributed by atoms with van der Waals surface area (Å²) in [7, 11) is 0. The summed E-state index contributed by atoms with van der Waals surface area (Å²) in [5.41, 5.74) is 1.71. The zero-order valence-electron chi connectivity index (χ0n) is 8.49. The Kier molecular flexibility index (Phi) is 2.97. The second-order valence-electron chi connectivity index (χ2n) is 3.34. The molecule has 4 heteroatoms. The summed E-state index contributed by atoms with van der Waals surface area (Å²) in [5.74, 6) is 0.770. The maximum absolute atomic E-state index is 11.4. The van der Waals surface area contributed by atoms with Crippen LogP contribution in [0.5, 0.6) is 0 Å². The summed E-state index contributed by atoms with van der Waals surface area (Å²) < 4.78 is 0.